The Bertz CT molecular complexity index is 512. The van der Waals surface area contributed by atoms with Crippen molar-refractivity contribution in [3.05, 3.63) is 0 Å². The molecular weight excluding hydrogens is 316 g/mol. The van der Waals surface area contributed by atoms with Crippen molar-refractivity contribution in [2.75, 3.05) is 53.9 Å². The summed E-state index contributed by atoms with van der Waals surface area (Å²) in [5.74, 6) is 1.43. The van der Waals surface area contributed by atoms with Crippen LogP contribution in [0.3, 0.4) is 0 Å². The summed E-state index contributed by atoms with van der Waals surface area (Å²) in [6.07, 6.45) is 4.07. The number of hydrogen-bond donors (Lipinski definition) is 0. The molecule has 0 N–H and O–H groups in total. The van der Waals surface area contributed by atoms with Crippen LogP contribution in [-0.2, 0) is 9.59 Å². The highest BCUT2D eigenvalue weighted by atomic mass is 16.2. The first-order valence-corrected chi connectivity index (χ1v) is 9.75. The largest absolute Gasteiger partial charge is 0.342 e. The molecule has 3 aliphatic rings. The molecule has 6 nitrogen and oxygen atoms in total. The molecule has 0 spiro atoms. The van der Waals surface area contributed by atoms with Crippen molar-refractivity contribution in [2.24, 2.45) is 11.8 Å². The van der Waals surface area contributed by atoms with Crippen molar-refractivity contribution in [1.82, 2.24) is 19.6 Å². The number of hydrogen-bond acceptors (Lipinski definition) is 4. The molecule has 0 aromatic rings. The van der Waals surface area contributed by atoms with Crippen molar-refractivity contribution < 1.29 is 9.59 Å². The van der Waals surface area contributed by atoms with Gasteiger partial charge in [-0.2, -0.15) is 0 Å². The summed E-state index contributed by atoms with van der Waals surface area (Å²) in [4.78, 5) is 33.2. The van der Waals surface area contributed by atoms with Crippen LogP contribution in [0.1, 0.15) is 32.6 Å². The molecule has 3 unspecified atom stereocenters. The van der Waals surface area contributed by atoms with Gasteiger partial charge >= 0.3 is 0 Å². The average molecular weight is 351 g/mol. The van der Waals surface area contributed by atoms with Crippen LogP contribution in [0.2, 0.25) is 0 Å². The molecule has 0 aromatic heterocycles. The van der Waals surface area contributed by atoms with E-state index < -0.39 is 0 Å². The van der Waals surface area contributed by atoms with Crippen LogP contribution in [0.4, 0.5) is 0 Å². The Morgan fingerprint density at radius 1 is 1.12 bits per heavy atom. The monoisotopic (exact) mass is 350 g/mol. The van der Waals surface area contributed by atoms with E-state index in [4.69, 9.17) is 0 Å². The van der Waals surface area contributed by atoms with Gasteiger partial charge in [-0.1, -0.05) is 0 Å². The highest BCUT2D eigenvalue weighted by Gasteiger charge is 2.40. The van der Waals surface area contributed by atoms with E-state index in [2.05, 4.69) is 28.8 Å². The number of nitrogens with zero attached hydrogens (tertiary/aromatic N) is 4. The second kappa shape index (κ2) is 7.62. The first-order chi connectivity index (χ1) is 11.8. The molecule has 3 saturated heterocycles. The summed E-state index contributed by atoms with van der Waals surface area (Å²) < 4.78 is 0. The molecule has 3 rings (SSSR count). The van der Waals surface area contributed by atoms with Crippen LogP contribution >= 0.6 is 0 Å². The van der Waals surface area contributed by atoms with E-state index in [1.54, 1.807) is 6.92 Å². The van der Waals surface area contributed by atoms with Gasteiger partial charge < -0.3 is 19.6 Å². The summed E-state index contributed by atoms with van der Waals surface area (Å²) in [6.45, 7) is 6.48. The van der Waals surface area contributed by atoms with Gasteiger partial charge in [-0.3, -0.25) is 9.59 Å². The number of amides is 2. The Labute approximate surface area is 152 Å². The number of likely N-dealkylation sites (N-methyl/N-ethyl adjacent to an activating group) is 3. The molecule has 2 amide bonds. The van der Waals surface area contributed by atoms with E-state index >= 15 is 0 Å². The zero-order valence-corrected chi connectivity index (χ0v) is 16.3. The molecule has 25 heavy (non-hydrogen) atoms. The lowest BCUT2D eigenvalue weighted by Crippen LogP contribution is -2.50. The Morgan fingerprint density at radius 2 is 1.88 bits per heavy atom. The number of carbonyl (C=O) groups excluding carboxylic acids is 2. The van der Waals surface area contributed by atoms with E-state index in [9.17, 15) is 9.59 Å². The zero-order valence-electron chi connectivity index (χ0n) is 16.3. The average Bonchev–Trinajstić information content (AvgIpc) is 2.99. The topological polar surface area (TPSA) is 47.1 Å². The number of likely N-dealkylation sites (tertiary alicyclic amines) is 3. The SMILES string of the molecule is CC(=O)N(C)[C@@H]1CC(CC(=O)N2CC3CCCN(C)C3C2)CN(C)C1. The summed E-state index contributed by atoms with van der Waals surface area (Å²) in [6, 6.07) is 0.782. The maximum Gasteiger partial charge on any atom is 0.222 e. The second-order valence-electron chi connectivity index (χ2n) is 8.56. The molecule has 3 fully saturated rings. The van der Waals surface area contributed by atoms with Crippen molar-refractivity contribution in [2.45, 2.75) is 44.7 Å². The van der Waals surface area contributed by atoms with Gasteiger partial charge in [0, 0.05) is 58.7 Å². The number of piperidine rings is 2. The third-order valence-corrected chi connectivity index (χ3v) is 6.62. The van der Waals surface area contributed by atoms with Gasteiger partial charge in [-0.15, -0.1) is 0 Å². The van der Waals surface area contributed by atoms with Crippen molar-refractivity contribution >= 4 is 11.8 Å². The first kappa shape index (κ1) is 18.6. The van der Waals surface area contributed by atoms with Crippen LogP contribution in [-0.4, -0.2) is 97.4 Å². The zero-order chi connectivity index (χ0) is 18.1. The highest BCUT2D eigenvalue weighted by Crippen LogP contribution is 2.31. The molecule has 0 saturated carbocycles. The van der Waals surface area contributed by atoms with E-state index in [0.717, 1.165) is 39.1 Å². The fourth-order valence-electron chi connectivity index (χ4n) is 5.08. The Balaban J connectivity index is 1.56. The lowest BCUT2D eigenvalue weighted by Gasteiger charge is -2.40. The predicted molar refractivity (Wildman–Crippen MR) is 98.2 cm³/mol. The molecule has 0 radical (unpaired) electrons. The van der Waals surface area contributed by atoms with E-state index in [0.29, 0.717) is 30.2 Å². The van der Waals surface area contributed by atoms with Gasteiger partial charge in [0.15, 0.2) is 0 Å². The van der Waals surface area contributed by atoms with Gasteiger partial charge in [-0.05, 0) is 51.7 Å². The second-order valence-corrected chi connectivity index (χ2v) is 8.56. The van der Waals surface area contributed by atoms with Gasteiger partial charge in [0.25, 0.3) is 0 Å². The van der Waals surface area contributed by atoms with Crippen LogP contribution in [0, 0.1) is 11.8 Å². The quantitative estimate of drug-likeness (QED) is 0.753. The summed E-state index contributed by atoms with van der Waals surface area (Å²) in [5, 5.41) is 0. The van der Waals surface area contributed by atoms with Crippen LogP contribution in [0.15, 0.2) is 0 Å². The van der Waals surface area contributed by atoms with Crippen molar-refractivity contribution in [1.29, 1.82) is 0 Å². The maximum atomic E-state index is 12.9. The molecule has 3 aliphatic heterocycles. The first-order valence-electron chi connectivity index (χ1n) is 9.75. The Hall–Kier alpha value is -1.14. The molecule has 6 heteroatoms. The minimum Gasteiger partial charge on any atom is -0.342 e. The van der Waals surface area contributed by atoms with Crippen LogP contribution < -0.4 is 0 Å². The minimum absolute atomic E-state index is 0.108. The van der Waals surface area contributed by atoms with Gasteiger partial charge in [0.05, 0.1) is 0 Å². The highest BCUT2D eigenvalue weighted by molar-refractivity contribution is 5.77. The Morgan fingerprint density at radius 3 is 2.56 bits per heavy atom. The molecule has 0 aromatic carbocycles. The Kier molecular flexibility index (Phi) is 5.68. The molecule has 3 heterocycles. The molecule has 0 aliphatic carbocycles. The van der Waals surface area contributed by atoms with Crippen LogP contribution in [0.5, 0.6) is 0 Å². The minimum atomic E-state index is 0.108. The fraction of sp³-hybridized carbons (Fsp3) is 0.895. The number of carbonyl (C=O) groups is 2. The molecule has 0 bridgehead atoms. The van der Waals surface area contributed by atoms with E-state index in [1.807, 2.05) is 11.9 Å². The van der Waals surface area contributed by atoms with Gasteiger partial charge in [0.1, 0.15) is 0 Å². The normalized spacial score (nSPS) is 34.0. The third-order valence-electron chi connectivity index (χ3n) is 6.62. The van der Waals surface area contributed by atoms with E-state index in [-0.39, 0.29) is 11.9 Å². The lowest BCUT2D eigenvalue weighted by atomic mass is 9.90. The standard InChI is InChI=1S/C19H34N4O2/c1-14(24)22(4)17-8-15(10-20(2)12-17)9-19(25)23-11-16-6-5-7-21(3)18(16)13-23/h15-18H,5-13H2,1-4H3/t15?,16?,17-,18?/m1/s1. The predicted octanol–water partition coefficient (Wildman–Crippen LogP) is 0.728. The number of rotatable bonds is 3. The van der Waals surface area contributed by atoms with Crippen molar-refractivity contribution in [3.8, 4) is 0 Å². The maximum absolute atomic E-state index is 12.9. The molecular formula is C19H34N4O2. The van der Waals surface area contributed by atoms with Gasteiger partial charge in [0.2, 0.25) is 11.8 Å². The number of fused-ring (bicyclic) bond motifs is 1. The molecule has 4 atom stereocenters. The lowest BCUT2D eigenvalue weighted by molar-refractivity contribution is -0.133. The fourth-order valence-corrected chi connectivity index (χ4v) is 5.08. The molecule has 142 valence electrons. The summed E-state index contributed by atoms with van der Waals surface area (Å²) in [5.41, 5.74) is 0. The third kappa shape index (κ3) is 4.17. The summed E-state index contributed by atoms with van der Waals surface area (Å²) in [7, 11) is 6.17. The van der Waals surface area contributed by atoms with E-state index in [1.165, 1.54) is 12.8 Å². The van der Waals surface area contributed by atoms with Crippen molar-refractivity contribution in [3.63, 3.8) is 0 Å². The smallest absolute Gasteiger partial charge is 0.222 e. The van der Waals surface area contributed by atoms with Gasteiger partial charge in [-0.25, -0.2) is 0 Å². The summed E-state index contributed by atoms with van der Waals surface area (Å²) >= 11 is 0. The van der Waals surface area contributed by atoms with Crippen LogP contribution in [0.25, 0.3) is 0 Å².